The average Bonchev–Trinajstić information content (AvgIpc) is 3.37. The minimum atomic E-state index is 0.0107. The zero-order valence-electron chi connectivity index (χ0n) is 17.9. The predicted octanol–water partition coefficient (Wildman–Crippen LogP) is 4.98. The fourth-order valence-corrected chi connectivity index (χ4v) is 4.19. The lowest BCUT2D eigenvalue weighted by Crippen LogP contribution is -2.35. The molecule has 5 heteroatoms. The van der Waals surface area contributed by atoms with Gasteiger partial charge < -0.3 is 9.64 Å². The van der Waals surface area contributed by atoms with Crippen LogP contribution in [0.2, 0.25) is 0 Å². The first-order valence-electron chi connectivity index (χ1n) is 11.0. The molecule has 32 heavy (non-hydrogen) atoms. The van der Waals surface area contributed by atoms with E-state index in [0.29, 0.717) is 31.2 Å². The normalized spacial score (nSPS) is 15.7. The van der Waals surface area contributed by atoms with Crippen LogP contribution >= 0.6 is 0 Å². The number of fused-ring (bicyclic) bond motifs is 1. The largest absolute Gasteiger partial charge is 0.381 e. The molecule has 5 rings (SSSR count). The molecular weight excluding hydrogens is 398 g/mol. The standard InChI is InChI=1S/C27H25N3O2/c31-27(24-10-11-25-26(16-24)29-14-13-28-25)30(18-21-12-15-32-19-21)17-20-6-8-23(9-7-20)22-4-2-1-3-5-22/h1-11,13-14,16,21H,12,15,17-19H2. The van der Waals surface area contributed by atoms with Gasteiger partial charge in [0, 0.05) is 43.6 Å². The lowest BCUT2D eigenvalue weighted by atomic mass is 10.0. The number of amides is 1. The van der Waals surface area contributed by atoms with Gasteiger partial charge in [0.05, 0.1) is 17.6 Å². The van der Waals surface area contributed by atoms with E-state index in [-0.39, 0.29) is 5.91 Å². The first kappa shape index (κ1) is 20.3. The fourth-order valence-electron chi connectivity index (χ4n) is 4.19. The van der Waals surface area contributed by atoms with E-state index in [2.05, 4.69) is 46.4 Å². The van der Waals surface area contributed by atoms with Crippen molar-refractivity contribution in [3.05, 3.63) is 96.3 Å². The van der Waals surface area contributed by atoms with Gasteiger partial charge in [-0.05, 0) is 41.3 Å². The third kappa shape index (κ3) is 4.53. The molecule has 1 fully saturated rings. The van der Waals surface area contributed by atoms with Crippen LogP contribution in [0, 0.1) is 5.92 Å². The van der Waals surface area contributed by atoms with Gasteiger partial charge in [0.15, 0.2) is 0 Å². The van der Waals surface area contributed by atoms with Crippen LogP contribution in [0.1, 0.15) is 22.3 Å². The van der Waals surface area contributed by atoms with Crippen LogP contribution < -0.4 is 0 Å². The highest BCUT2D eigenvalue weighted by molar-refractivity contribution is 5.97. The molecule has 1 saturated heterocycles. The summed E-state index contributed by atoms with van der Waals surface area (Å²) in [6.07, 6.45) is 4.30. The van der Waals surface area contributed by atoms with Gasteiger partial charge in [-0.2, -0.15) is 0 Å². The molecular formula is C27H25N3O2. The van der Waals surface area contributed by atoms with Crippen molar-refractivity contribution in [1.29, 1.82) is 0 Å². The molecule has 0 radical (unpaired) electrons. The second-order valence-corrected chi connectivity index (χ2v) is 8.24. The van der Waals surface area contributed by atoms with Crippen LogP contribution in [-0.2, 0) is 11.3 Å². The Bertz CT molecular complexity index is 1200. The second-order valence-electron chi connectivity index (χ2n) is 8.24. The molecule has 0 aliphatic carbocycles. The third-order valence-corrected chi connectivity index (χ3v) is 5.94. The van der Waals surface area contributed by atoms with E-state index in [1.165, 1.54) is 11.1 Å². The smallest absolute Gasteiger partial charge is 0.254 e. The van der Waals surface area contributed by atoms with Gasteiger partial charge in [0.2, 0.25) is 0 Å². The number of ether oxygens (including phenoxy) is 1. The summed E-state index contributed by atoms with van der Waals surface area (Å²) in [5.41, 5.74) is 5.62. The fraction of sp³-hybridized carbons (Fsp3) is 0.222. The summed E-state index contributed by atoms with van der Waals surface area (Å²) in [5.74, 6) is 0.374. The van der Waals surface area contributed by atoms with Gasteiger partial charge in [-0.3, -0.25) is 14.8 Å². The molecule has 1 unspecified atom stereocenters. The molecule has 3 aromatic carbocycles. The van der Waals surface area contributed by atoms with E-state index >= 15 is 0 Å². The molecule has 1 atom stereocenters. The summed E-state index contributed by atoms with van der Waals surface area (Å²) < 4.78 is 5.56. The maximum atomic E-state index is 13.5. The van der Waals surface area contributed by atoms with Crippen molar-refractivity contribution < 1.29 is 9.53 Å². The Hall–Kier alpha value is -3.57. The number of carbonyl (C=O) groups excluding carboxylic acids is 1. The summed E-state index contributed by atoms with van der Waals surface area (Å²) in [5, 5.41) is 0. The van der Waals surface area contributed by atoms with Gasteiger partial charge in [-0.25, -0.2) is 0 Å². The molecule has 1 aliphatic heterocycles. The van der Waals surface area contributed by atoms with E-state index < -0.39 is 0 Å². The second kappa shape index (κ2) is 9.28. The van der Waals surface area contributed by atoms with E-state index in [1.54, 1.807) is 12.4 Å². The number of nitrogens with zero attached hydrogens (tertiary/aromatic N) is 3. The lowest BCUT2D eigenvalue weighted by Gasteiger charge is -2.26. The van der Waals surface area contributed by atoms with Crippen LogP contribution in [0.15, 0.2) is 85.2 Å². The first-order chi connectivity index (χ1) is 15.8. The number of benzene rings is 3. The maximum Gasteiger partial charge on any atom is 0.254 e. The molecule has 160 valence electrons. The molecule has 1 amide bonds. The predicted molar refractivity (Wildman–Crippen MR) is 125 cm³/mol. The van der Waals surface area contributed by atoms with Crippen molar-refractivity contribution in [3.8, 4) is 11.1 Å². The van der Waals surface area contributed by atoms with E-state index in [9.17, 15) is 4.79 Å². The van der Waals surface area contributed by atoms with Crippen LogP contribution in [-0.4, -0.2) is 40.5 Å². The molecule has 1 aromatic heterocycles. The van der Waals surface area contributed by atoms with Crippen molar-refractivity contribution >= 4 is 16.9 Å². The monoisotopic (exact) mass is 423 g/mol. The van der Waals surface area contributed by atoms with Gasteiger partial charge in [0.25, 0.3) is 5.91 Å². The van der Waals surface area contributed by atoms with Crippen molar-refractivity contribution in [3.63, 3.8) is 0 Å². The van der Waals surface area contributed by atoms with Gasteiger partial charge >= 0.3 is 0 Å². The van der Waals surface area contributed by atoms with Gasteiger partial charge in [0.1, 0.15) is 0 Å². The molecule has 1 aliphatic rings. The number of aromatic nitrogens is 2. The summed E-state index contributed by atoms with van der Waals surface area (Å²) >= 11 is 0. The molecule has 2 heterocycles. The minimum Gasteiger partial charge on any atom is -0.381 e. The number of hydrogen-bond acceptors (Lipinski definition) is 4. The Labute approximate surface area is 187 Å². The van der Waals surface area contributed by atoms with E-state index in [4.69, 9.17) is 4.74 Å². The number of hydrogen-bond donors (Lipinski definition) is 0. The first-order valence-corrected chi connectivity index (χ1v) is 11.0. The summed E-state index contributed by atoms with van der Waals surface area (Å²) in [4.78, 5) is 24.1. The minimum absolute atomic E-state index is 0.0107. The molecule has 0 spiro atoms. The highest BCUT2D eigenvalue weighted by atomic mass is 16.5. The number of carbonyl (C=O) groups is 1. The third-order valence-electron chi connectivity index (χ3n) is 5.94. The van der Waals surface area contributed by atoms with Gasteiger partial charge in [-0.15, -0.1) is 0 Å². The molecule has 0 saturated carbocycles. The Morgan fingerprint density at radius 1 is 0.906 bits per heavy atom. The SMILES string of the molecule is O=C(c1ccc2nccnc2c1)N(Cc1ccc(-c2ccccc2)cc1)CC1CCOC1. The molecule has 5 nitrogen and oxygen atoms in total. The zero-order chi connectivity index (χ0) is 21.8. The quantitative estimate of drug-likeness (QED) is 0.439. The Morgan fingerprint density at radius 2 is 1.66 bits per heavy atom. The zero-order valence-corrected chi connectivity index (χ0v) is 17.9. The Balaban J connectivity index is 1.39. The number of rotatable bonds is 6. The Morgan fingerprint density at radius 3 is 2.41 bits per heavy atom. The highest BCUT2D eigenvalue weighted by Crippen LogP contribution is 2.22. The Kier molecular flexibility index (Phi) is 5.90. The highest BCUT2D eigenvalue weighted by Gasteiger charge is 2.24. The topological polar surface area (TPSA) is 55.3 Å². The molecule has 0 N–H and O–H groups in total. The summed E-state index contributed by atoms with van der Waals surface area (Å²) in [7, 11) is 0. The van der Waals surface area contributed by atoms with Crippen molar-refractivity contribution in [1.82, 2.24) is 14.9 Å². The van der Waals surface area contributed by atoms with E-state index in [0.717, 1.165) is 29.6 Å². The van der Waals surface area contributed by atoms with Crippen LogP contribution in [0.4, 0.5) is 0 Å². The van der Waals surface area contributed by atoms with E-state index in [1.807, 2.05) is 41.3 Å². The maximum absolute atomic E-state index is 13.5. The lowest BCUT2D eigenvalue weighted by molar-refractivity contribution is 0.0706. The summed E-state index contributed by atoms with van der Waals surface area (Å²) in [6, 6.07) is 24.3. The summed E-state index contributed by atoms with van der Waals surface area (Å²) in [6.45, 7) is 2.71. The van der Waals surface area contributed by atoms with Crippen LogP contribution in [0.3, 0.4) is 0 Å². The van der Waals surface area contributed by atoms with Crippen molar-refractivity contribution in [2.24, 2.45) is 5.92 Å². The van der Waals surface area contributed by atoms with Crippen molar-refractivity contribution in [2.75, 3.05) is 19.8 Å². The molecule has 0 bridgehead atoms. The molecule has 4 aromatic rings. The van der Waals surface area contributed by atoms with Crippen LogP contribution in [0.5, 0.6) is 0 Å². The van der Waals surface area contributed by atoms with Crippen LogP contribution in [0.25, 0.3) is 22.2 Å². The van der Waals surface area contributed by atoms with Gasteiger partial charge in [-0.1, -0.05) is 54.6 Å². The average molecular weight is 424 g/mol. The van der Waals surface area contributed by atoms with Crippen molar-refractivity contribution in [2.45, 2.75) is 13.0 Å².